The molecule has 0 atom stereocenters. The first kappa shape index (κ1) is 12.3. The summed E-state index contributed by atoms with van der Waals surface area (Å²) in [7, 11) is 0. The van der Waals surface area contributed by atoms with Gasteiger partial charge in [0.15, 0.2) is 0 Å². The Hall–Kier alpha value is -1.72. The van der Waals surface area contributed by atoms with Crippen LogP contribution in [0, 0.1) is 0 Å². The third-order valence-electron chi connectivity index (χ3n) is 3.24. The Labute approximate surface area is 115 Å². The highest BCUT2D eigenvalue weighted by Gasteiger charge is 2.45. The Balaban J connectivity index is 1.64. The number of benzene rings is 1. The number of nitrogens with zero attached hydrogens (tertiary/aromatic N) is 1. The number of nitrogens with two attached hydrogens (primary N) is 1. The molecule has 1 aliphatic rings. The molecule has 0 bridgehead atoms. The second-order valence-electron chi connectivity index (χ2n) is 4.85. The average molecular weight is 273 g/mol. The fourth-order valence-corrected chi connectivity index (χ4v) is 2.64. The summed E-state index contributed by atoms with van der Waals surface area (Å²) >= 11 is 1.58. The highest BCUT2D eigenvalue weighted by atomic mass is 32.1. The summed E-state index contributed by atoms with van der Waals surface area (Å²) in [5.74, 6) is -0.0678. The monoisotopic (exact) mass is 273 g/mol. The van der Waals surface area contributed by atoms with Crippen molar-refractivity contribution >= 4 is 17.2 Å². The second kappa shape index (κ2) is 4.75. The first-order valence-electron chi connectivity index (χ1n) is 6.24. The van der Waals surface area contributed by atoms with Gasteiger partial charge in [-0.05, 0) is 12.8 Å². The van der Waals surface area contributed by atoms with E-state index in [1.165, 1.54) is 0 Å². The van der Waals surface area contributed by atoms with Crippen LogP contribution in [0.3, 0.4) is 0 Å². The number of hydrogen-bond acceptors (Lipinski definition) is 4. The summed E-state index contributed by atoms with van der Waals surface area (Å²) in [6, 6.07) is 10.0. The van der Waals surface area contributed by atoms with E-state index in [0.29, 0.717) is 6.54 Å². The summed E-state index contributed by atoms with van der Waals surface area (Å²) in [6.07, 6.45) is 1.57. The number of hydrogen-bond donors (Lipinski definition) is 2. The number of aromatic nitrogens is 1. The van der Waals surface area contributed by atoms with Crippen LogP contribution in [0.25, 0.3) is 10.6 Å². The van der Waals surface area contributed by atoms with Gasteiger partial charge < -0.3 is 11.1 Å². The van der Waals surface area contributed by atoms with Crippen LogP contribution in [0.4, 0.5) is 0 Å². The summed E-state index contributed by atoms with van der Waals surface area (Å²) in [6.45, 7) is 0.446. The van der Waals surface area contributed by atoms with Gasteiger partial charge in [-0.3, -0.25) is 4.79 Å². The lowest BCUT2D eigenvalue weighted by molar-refractivity contribution is -0.123. The van der Waals surface area contributed by atoms with Crippen LogP contribution in [0.1, 0.15) is 18.5 Å². The number of nitrogens with one attached hydrogen (secondary N) is 1. The Morgan fingerprint density at radius 1 is 1.37 bits per heavy atom. The van der Waals surface area contributed by atoms with Crippen LogP contribution < -0.4 is 11.1 Å². The van der Waals surface area contributed by atoms with E-state index in [2.05, 4.69) is 10.3 Å². The van der Waals surface area contributed by atoms with E-state index in [1.54, 1.807) is 11.3 Å². The molecule has 5 heteroatoms. The zero-order chi connectivity index (χ0) is 13.3. The summed E-state index contributed by atoms with van der Waals surface area (Å²) in [5.41, 5.74) is 7.18. The van der Waals surface area contributed by atoms with Crippen molar-refractivity contribution in [2.24, 2.45) is 5.73 Å². The maximum absolute atomic E-state index is 11.7. The van der Waals surface area contributed by atoms with Crippen LogP contribution in [0.5, 0.6) is 0 Å². The molecule has 1 heterocycles. The van der Waals surface area contributed by atoms with Crippen molar-refractivity contribution in [2.75, 3.05) is 0 Å². The minimum absolute atomic E-state index is 0.0678. The minimum atomic E-state index is -0.613. The van der Waals surface area contributed by atoms with Gasteiger partial charge in [0.05, 0.1) is 17.8 Å². The van der Waals surface area contributed by atoms with Gasteiger partial charge in [-0.2, -0.15) is 0 Å². The Morgan fingerprint density at radius 2 is 2.11 bits per heavy atom. The van der Waals surface area contributed by atoms with Gasteiger partial charge in [0, 0.05) is 10.9 Å². The van der Waals surface area contributed by atoms with E-state index < -0.39 is 5.54 Å². The summed E-state index contributed by atoms with van der Waals surface area (Å²) in [5, 5.41) is 5.79. The highest BCUT2D eigenvalue weighted by molar-refractivity contribution is 7.13. The molecule has 1 aliphatic carbocycles. The molecule has 2 aromatic rings. The lowest BCUT2D eigenvalue weighted by Gasteiger charge is -2.08. The van der Waals surface area contributed by atoms with Crippen LogP contribution in [-0.4, -0.2) is 16.4 Å². The molecule has 1 saturated carbocycles. The van der Waals surface area contributed by atoms with E-state index >= 15 is 0 Å². The third kappa shape index (κ3) is 2.67. The van der Waals surface area contributed by atoms with Crippen molar-refractivity contribution in [1.82, 2.24) is 10.3 Å². The van der Waals surface area contributed by atoms with Gasteiger partial charge in [0.2, 0.25) is 5.91 Å². The van der Waals surface area contributed by atoms with Gasteiger partial charge in [-0.15, -0.1) is 11.3 Å². The quantitative estimate of drug-likeness (QED) is 0.894. The van der Waals surface area contributed by atoms with E-state index in [-0.39, 0.29) is 5.91 Å². The molecule has 0 aliphatic heterocycles. The van der Waals surface area contributed by atoms with Crippen molar-refractivity contribution in [3.05, 3.63) is 41.4 Å². The molecule has 19 heavy (non-hydrogen) atoms. The topological polar surface area (TPSA) is 68.0 Å². The molecule has 1 aromatic heterocycles. The van der Waals surface area contributed by atoms with Crippen molar-refractivity contribution in [2.45, 2.75) is 24.9 Å². The molecule has 1 amide bonds. The van der Waals surface area contributed by atoms with Crippen molar-refractivity contribution in [3.8, 4) is 10.6 Å². The van der Waals surface area contributed by atoms with E-state index in [1.807, 2.05) is 35.7 Å². The first-order chi connectivity index (χ1) is 9.17. The normalized spacial score (nSPS) is 16.1. The molecule has 3 rings (SSSR count). The van der Waals surface area contributed by atoms with Crippen LogP contribution in [0.15, 0.2) is 35.7 Å². The smallest absolute Gasteiger partial charge is 0.240 e. The minimum Gasteiger partial charge on any atom is -0.349 e. The van der Waals surface area contributed by atoms with Gasteiger partial charge >= 0.3 is 0 Å². The molecule has 3 N–H and O–H groups in total. The predicted octanol–water partition coefficient (Wildman–Crippen LogP) is 1.92. The molecule has 1 aromatic carbocycles. The molecule has 0 spiro atoms. The van der Waals surface area contributed by atoms with E-state index in [0.717, 1.165) is 29.1 Å². The SMILES string of the molecule is NC1(C(=O)NCc2csc(-c3ccccc3)n2)CC1. The Bertz CT molecular complexity index is 590. The fourth-order valence-electron chi connectivity index (χ4n) is 1.81. The standard InChI is InChI=1S/C14H15N3OS/c15-14(6-7-14)13(18)16-8-11-9-19-12(17-11)10-4-2-1-3-5-10/h1-5,9H,6-8,15H2,(H,16,18). The van der Waals surface area contributed by atoms with Crippen LogP contribution >= 0.6 is 11.3 Å². The summed E-state index contributed by atoms with van der Waals surface area (Å²) < 4.78 is 0. The number of amides is 1. The van der Waals surface area contributed by atoms with Crippen molar-refractivity contribution < 1.29 is 4.79 Å². The predicted molar refractivity (Wildman–Crippen MR) is 75.5 cm³/mol. The molecule has 98 valence electrons. The van der Waals surface area contributed by atoms with E-state index in [4.69, 9.17) is 5.73 Å². The Morgan fingerprint density at radius 3 is 2.79 bits per heavy atom. The number of rotatable bonds is 4. The van der Waals surface area contributed by atoms with E-state index in [9.17, 15) is 4.79 Å². The summed E-state index contributed by atoms with van der Waals surface area (Å²) in [4.78, 5) is 16.2. The molecular formula is C14H15N3OS. The molecule has 0 unspecified atom stereocenters. The highest BCUT2D eigenvalue weighted by Crippen LogP contribution is 2.32. The average Bonchev–Trinajstić information content (AvgIpc) is 3.03. The van der Waals surface area contributed by atoms with Crippen molar-refractivity contribution in [1.29, 1.82) is 0 Å². The Kier molecular flexibility index (Phi) is 3.08. The number of thiazole rings is 1. The molecule has 0 saturated heterocycles. The fraction of sp³-hybridized carbons (Fsp3) is 0.286. The zero-order valence-corrected chi connectivity index (χ0v) is 11.2. The first-order valence-corrected chi connectivity index (χ1v) is 7.12. The number of carbonyl (C=O) groups excluding carboxylic acids is 1. The van der Waals surface area contributed by atoms with Gasteiger partial charge in [-0.1, -0.05) is 30.3 Å². The van der Waals surface area contributed by atoms with Crippen LogP contribution in [-0.2, 0) is 11.3 Å². The molecule has 1 fully saturated rings. The molecular weight excluding hydrogens is 258 g/mol. The maximum Gasteiger partial charge on any atom is 0.240 e. The third-order valence-corrected chi connectivity index (χ3v) is 4.18. The van der Waals surface area contributed by atoms with Gasteiger partial charge in [0.1, 0.15) is 5.01 Å². The molecule has 0 radical (unpaired) electrons. The zero-order valence-electron chi connectivity index (χ0n) is 10.4. The lowest BCUT2D eigenvalue weighted by Crippen LogP contribution is -2.42. The van der Waals surface area contributed by atoms with Gasteiger partial charge in [0.25, 0.3) is 0 Å². The van der Waals surface area contributed by atoms with Gasteiger partial charge in [-0.25, -0.2) is 4.98 Å². The second-order valence-corrected chi connectivity index (χ2v) is 5.71. The number of carbonyl (C=O) groups is 1. The van der Waals surface area contributed by atoms with Crippen LogP contribution in [0.2, 0.25) is 0 Å². The maximum atomic E-state index is 11.7. The lowest BCUT2D eigenvalue weighted by atomic mass is 10.2. The largest absolute Gasteiger partial charge is 0.349 e. The molecule has 4 nitrogen and oxygen atoms in total. The van der Waals surface area contributed by atoms with Crippen molar-refractivity contribution in [3.63, 3.8) is 0 Å².